The quantitative estimate of drug-likeness (QED) is 0.631. The molecule has 1 aromatic heterocycles. The van der Waals surface area contributed by atoms with E-state index in [2.05, 4.69) is 31.5 Å². The summed E-state index contributed by atoms with van der Waals surface area (Å²) in [6.45, 7) is 7.50. The average molecular weight is 274 g/mol. The van der Waals surface area contributed by atoms with Gasteiger partial charge in [0.1, 0.15) is 0 Å². The molecule has 0 saturated carbocycles. The van der Waals surface area contributed by atoms with Crippen molar-refractivity contribution in [3.63, 3.8) is 0 Å². The number of halogens is 1. The van der Waals surface area contributed by atoms with Crippen LogP contribution in [0.3, 0.4) is 0 Å². The van der Waals surface area contributed by atoms with Crippen molar-refractivity contribution in [1.82, 2.24) is 5.32 Å². The van der Waals surface area contributed by atoms with E-state index < -0.39 is 0 Å². The molecule has 0 spiro atoms. The summed E-state index contributed by atoms with van der Waals surface area (Å²) in [5.74, 6) is 0. The van der Waals surface area contributed by atoms with Gasteiger partial charge in [0.25, 0.3) is 0 Å². The highest BCUT2D eigenvalue weighted by Gasteiger charge is 2.16. The maximum Gasteiger partial charge on any atom is 0.0590 e. The first kappa shape index (κ1) is 15.0. The van der Waals surface area contributed by atoms with E-state index >= 15 is 0 Å². The molecule has 1 N–H and O–H groups in total. The molecule has 3 heteroatoms. The number of thiophene rings is 1. The number of hydrogen-bond acceptors (Lipinski definition) is 2. The summed E-state index contributed by atoms with van der Waals surface area (Å²) in [6.07, 6.45) is 6.47. The average Bonchev–Trinajstić information content (AvgIpc) is 2.64. The minimum Gasteiger partial charge on any atom is -0.309 e. The Morgan fingerprint density at radius 2 is 2.06 bits per heavy atom. The van der Waals surface area contributed by atoms with Gasteiger partial charge in [-0.05, 0) is 30.8 Å². The summed E-state index contributed by atoms with van der Waals surface area (Å²) in [5, 5.41) is 6.69. The molecule has 0 radical (unpaired) electrons. The van der Waals surface area contributed by atoms with Gasteiger partial charge in [-0.15, -0.1) is 11.3 Å². The fraction of sp³-hybridized carbons (Fsp3) is 0.714. The highest BCUT2D eigenvalue weighted by molar-refractivity contribution is 7.10. The molecule has 0 aliphatic carbocycles. The number of hydrogen-bond donors (Lipinski definition) is 1. The first-order chi connectivity index (χ1) is 8.20. The molecular weight excluding hydrogens is 250 g/mol. The normalized spacial score (nSPS) is 12.9. The van der Waals surface area contributed by atoms with Gasteiger partial charge in [-0.3, -0.25) is 0 Å². The monoisotopic (exact) mass is 273 g/mol. The van der Waals surface area contributed by atoms with Gasteiger partial charge < -0.3 is 5.32 Å². The molecule has 0 aromatic carbocycles. The molecule has 1 rings (SSSR count). The van der Waals surface area contributed by atoms with Gasteiger partial charge in [-0.25, -0.2) is 0 Å². The smallest absolute Gasteiger partial charge is 0.0590 e. The largest absolute Gasteiger partial charge is 0.309 e. The highest BCUT2D eigenvalue weighted by atomic mass is 35.5. The lowest BCUT2D eigenvalue weighted by molar-refractivity contribution is 0.488. The van der Waals surface area contributed by atoms with Crippen molar-refractivity contribution in [3.8, 4) is 0 Å². The van der Waals surface area contributed by atoms with Crippen molar-refractivity contribution in [2.24, 2.45) is 0 Å². The van der Waals surface area contributed by atoms with Gasteiger partial charge in [0.2, 0.25) is 0 Å². The van der Waals surface area contributed by atoms with E-state index in [4.69, 9.17) is 11.6 Å². The van der Waals surface area contributed by atoms with Crippen LogP contribution in [0.1, 0.15) is 62.4 Å². The van der Waals surface area contributed by atoms with E-state index in [0.717, 1.165) is 11.6 Å². The van der Waals surface area contributed by atoms with Crippen LogP contribution in [-0.4, -0.2) is 6.54 Å². The lowest BCUT2D eigenvalue weighted by Gasteiger charge is -2.17. The second kappa shape index (κ2) is 8.12. The standard InChI is InChI=1S/C14H24ClNS/c1-4-6-7-8-9-12(16-5-2)14-13(15)11(3)10-17-14/h10,12,16H,4-9H2,1-3H3. The van der Waals surface area contributed by atoms with Crippen LogP contribution >= 0.6 is 22.9 Å². The van der Waals surface area contributed by atoms with Crippen molar-refractivity contribution in [3.05, 3.63) is 20.8 Å². The van der Waals surface area contributed by atoms with E-state index in [1.54, 1.807) is 11.3 Å². The molecule has 0 bridgehead atoms. The molecule has 17 heavy (non-hydrogen) atoms. The zero-order valence-electron chi connectivity index (χ0n) is 11.2. The van der Waals surface area contributed by atoms with Crippen molar-refractivity contribution in [2.45, 2.75) is 58.9 Å². The van der Waals surface area contributed by atoms with Crippen molar-refractivity contribution < 1.29 is 0 Å². The predicted molar refractivity (Wildman–Crippen MR) is 79.2 cm³/mol. The van der Waals surface area contributed by atoms with E-state index in [1.165, 1.54) is 42.5 Å². The number of aryl methyl sites for hydroxylation is 1. The van der Waals surface area contributed by atoms with Gasteiger partial charge in [-0.1, -0.05) is 51.1 Å². The summed E-state index contributed by atoms with van der Waals surface area (Å²) in [5.41, 5.74) is 1.21. The van der Waals surface area contributed by atoms with Crippen LogP contribution in [0.25, 0.3) is 0 Å². The molecular formula is C14H24ClNS. The van der Waals surface area contributed by atoms with Crippen LogP contribution < -0.4 is 5.32 Å². The van der Waals surface area contributed by atoms with Gasteiger partial charge >= 0.3 is 0 Å². The minimum absolute atomic E-state index is 0.447. The molecule has 98 valence electrons. The maximum atomic E-state index is 6.35. The summed E-state index contributed by atoms with van der Waals surface area (Å²) >= 11 is 8.14. The van der Waals surface area contributed by atoms with Crippen LogP contribution in [0.4, 0.5) is 0 Å². The number of unbranched alkanes of at least 4 members (excludes halogenated alkanes) is 3. The number of nitrogens with one attached hydrogen (secondary N) is 1. The third kappa shape index (κ3) is 4.61. The van der Waals surface area contributed by atoms with E-state index in [9.17, 15) is 0 Å². The van der Waals surface area contributed by atoms with Crippen LogP contribution in [0, 0.1) is 6.92 Å². The van der Waals surface area contributed by atoms with Crippen molar-refractivity contribution in [1.29, 1.82) is 0 Å². The van der Waals surface area contributed by atoms with Gasteiger partial charge in [0.05, 0.1) is 5.02 Å². The Kier molecular flexibility index (Phi) is 7.17. The minimum atomic E-state index is 0.447. The Morgan fingerprint density at radius 1 is 1.29 bits per heavy atom. The molecule has 0 aliphatic rings. The Labute approximate surface area is 115 Å². The molecule has 1 nitrogen and oxygen atoms in total. The SMILES string of the molecule is CCCCCCC(NCC)c1scc(C)c1Cl. The third-order valence-electron chi connectivity index (χ3n) is 3.04. The zero-order valence-corrected chi connectivity index (χ0v) is 12.8. The fourth-order valence-corrected chi connectivity index (χ4v) is 3.47. The van der Waals surface area contributed by atoms with Gasteiger partial charge in [0, 0.05) is 10.9 Å². The molecule has 1 unspecified atom stereocenters. The fourth-order valence-electron chi connectivity index (χ4n) is 2.03. The Hall–Kier alpha value is -0.0500. The Morgan fingerprint density at radius 3 is 2.59 bits per heavy atom. The second-order valence-corrected chi connectivity index (χ2v) is 5.85. The number of rotatable bonds is 8. The van der Waals surface area contributed by atoms with Crippen LogP contribution in [0.15, 0.2) is 5.38 Å². The molecule has 0 saturated heterocycles. The lowest BCUT2D eigenvalue weighted by atomic mass is 10.1. The summed E-state index contributed by atoms with van der Waals surface area (Å²) < 4.78 is 0. The van der Waals surface area contributed by atoms with E-state index in [0.29, 0.717) is 6.04 Å². The van der Waals surface area contributed by atoms with Gasteiger partial charge in [0.15, 0.2) is 0 Å². The zero-order chi connectivity index (χ0) is 12.7. The lowest BCUT2D eigenvalue weighted by Crippen LogP contribution is -2.20. The van der Waals surface area contributed by atoms with Crippen LogP contribution in [0.2, 0.25) is 5.02 Å². The molecule has 0 fully saturated rings. The first-order valence-electron chi connectivity index (χ1n) is 6.67. The topological polar surface area (TPSA) is 12.0 Å². The maximum absolute atomic E-state index is 6.35. The molecule has 0 amide bonds. The summed E-state index contributed by atoms with van der Waals surface area (Å²) in [4.78, 5) is 1.32. The second-order valence-electron chi connectivity index (χ2n) is 4.56. The molecule has 1 heterocycles. The first-order valence-corrected chi connectivity index (χ1v) is 7.93. The van der Waals surface area contributed by atoms with Gasteiger partial charge in [-0.2, -0.15) is 0 Å². The Balaban J connectivity index is 2.56. The van der Waals surface area contributed by atoms with Crippen molar-refractivity contribution in [2.75, 3.05) is 6.54 Å². The van der Waals surface area contributed by atoms with E-state index in [-0.39, 0.29) is 0 Å². The molecule has 1 aromatic rings. The summed E-state index contributed by atoms with van der Waals surface area (Å²) in [7, 11) is 0. The molecule has 0 aliphatic heterocycles. The van der Waals surface area contributed by atoms with Crippen molar-refractivity contribution >= 4 is 22.9 Å². The van der Waals surface area contributed by atoms with Crippen LogP contribution in [0.5, 0.6) is 0 Å². The summed E-state index contributed by atoms with van der Waals surface area (Å²) in [6, 6.07) is 0.447. The third-order valence-corrected chi connectivity index (χ3v) is 4.87. The van der Waals surface area contributed by atoms with E-state index in [1.807, 2.05) is 0 Å². The Bertz CT molecular complexity index is 322. The predicted octanol–water partition coefficient (Wildman–Crippen LogP) is 5.33. The molecule has 1 atom stereocenters. The highest BCUT2D eigenvalue weighted by Crippen LogP contribution is 2.34. The van der Waals surface area contributed by atoms with Crippen LogP contribution in [-0.2, 0) is 0 Å².